The average molecular weight is 283 g/mol. The predicted octanol–water partition coefficient (Wildman–Crippen LogP) is -0.295. The Morgan fingerprint density at radius 3 is 2.89 bits per heavy atom. The molecule has 3 rings (SSSR count). The number of ether oxygens (including phenoxy) is 1. The lowest BCUT2D eigenvalue weighted by molar-refractivity contribution is -0.0538. The lowest BCUT2D eigenvalue weighted by atomic mass is 10.1. The number of H-pyrrole nitrogens is 1. The topological polar surface area (TPSA) is 104 Å². The van der Waals surface area contributed by atoms with Gasteiger partial charge in [0.1, 0.15) is 24.0 Å². The van der Waals surface area contributed by atoms with Gasteiger partial charge in [0, 0.05) is 17.8 Å². The standard InChI is InChI=1S/C11H13N3O4S/c15-4-6-7(16)8(17)10(18-6)14-3-5-1-2-12-9(5)13-11(14)19/h1-3,6-8,10,15-17H,4H2,(H,12,13,19)/t6-,7?,8+,10-/m1/s1. The van der Waals surface area contributed by atoms with Crippen molar-refractivity contribution in [1.82, 2.24) is 14.5 Å². The molecule has 2 aromatic heterocycles. The van der Waals surface area contributed by atoms with Gasteiger partial charge >= 0.3 is 0 Å². The first-order valence-corrected chi connectivity index (χ1v) is 6.21. The number of nitrogens with zero attached hydrogens (tertiary/aromatic N) is 2. The SMILES string of the molecule is OC[C@H]1O[C@@H](n2cc3cc[nH]c3nc2=S)[C@@H](O)C1O. The van der Waals surface area contributed by atoms with Crippen molar-refractivity contribution in [2.75, 3.05) is 6.61 Å². The van der Waals surface area contributed by atoms with Gasteiger partial charge in [-0.05, 0) is 18.3 Å². The maximum absolute atomic E-state index is 9.97. The summed E-state index contributed by atoms with van der Waals surface area (Å²) in [6.45, 7) is -0.373. The van der Waals surface area contributed by atoms with Crippen molar-refractivity contribution in [3.63, 3.8) is 0 Å². The number of aromatic nitrogens is 3. The fourth-order valence-corrected chi connectivity index (χ4v) is 2.47. The number of hydrogen-bond acceptors (Lipinski definition) is 6. The highest BCUT2D eigenvalue weighted by Gasteiger charge is 2.43. The zero-order valence-corrected chi connectivity index (χ0v) is 10.6. The molecule has 4 N–H and O–H groups in total. The minimum Gasteiger partial charge on any atom is -0.394 e. The summed E-state index contributed by atoms with van der Waals surface area (Å²) in [5.41, 5.74) is 0.646. The molecular formula is C11H13N3O4S. The second-order valence-corrected chi connectivity index (χ2v) is 4.81. The zero-order valence-electron chi connectivity index (χ0n) is 9.80. The number of aliphatic hydroxyl groups excluding tert-OH is 3. The third kappa shape index (κ3) is 1.97. The largest absolute Gasteiger partial charge is 0.394 e. The van der Waals surface area contributed by atoms with Crippen LogP contribution in [0.4, 0.5) is 0 Å². The molecule has 0 aliphatic carbocycles. The van der Waals surface area contributed by atoms with Crippen LogP contribution in [0.2, 0.25) is 0 Å². The second-order valence-electron chi connectivity index (χ2n) is 4.44. The monoisotopic (exact) mass is 283 g/mol. The fourth-order valence-electron chi connectivity index (χ4n) is 2.22. The van der Waals surface area contributed by atoms with E-state index in [1.54, 1.807) is 12.4 Å². The lowest BCUT2D eigenvalue weighted by Gasteiger charge is -2.18. The molecule has 0 aromatic carbocycles. The van der Waals surface area contributed by atoms with Crippen molar-refractivity contribution >= 4 is 23.3 Å². The zero-order chi connectivity index (χ0) is 13.6. The summed E-state index contributed by atoms with van der Waals surface area (Å²) in [4.78, 5) is 7.11. The molecule has 1 unspecified atom stereocenters. The molecule has 1 saturated heterocycles. The summed E-state index contributed by atoms with van der Waals surface area (Å²) >= 11 is 5.15. The van der Waals surface area contributed by atoms with E-state index in [1.165, 1.54) is 4.57 Å². The smallest absolute Gasteiger partial charge is 0.203 e. The van der Waals surface area contributed by atoms with Crippen molar-refractivity contribution in [2.24, 2.45) is 0 Å². The van der Waals surface area contributed by atoms with Gasteiger partial charge < -0.3 is 25.0 Å². The molecule has 0 bridgehead atoms. The molecule has 1 fully saturated rings. The molecule has 1 aliphatic rings. The van der Waals surface area contributed by atoms with Crippen LogP contribution in [-0.2, 0) is 4.74 Å². The van der Waals surface area contributed by atoms with Crippen molar-refractivity contribution in [3.05, 3.63) is 23.2 Å². The van der Waals surface area contributed by atoms with Crippen LogP contribution in [0.5, 0.6) is 0 Å². The Bertz CT molecular complexity index is 655. The first-order chi connectivity index (χ1) is 9.11. The highest BCUT2D eigenvalue weighted by atomic mass is 32.1. The summed E-state index contributed by atoms with van der Waals surface area (Å²) < 4.78 is 7.13. The molecule has 4 atom stereocenters. The van der Waals surface area contributed by atoms with E-state index in [-0.39, 0.29) is 11.4 Å². The third-order valence-corrected chi connectivity index (χ3v) is 3.56. The van der Waals surface area contributed by atoms with E-state index in [2.05, 4.69) is 9.97 Å². The number of aromatic amines is 1. The number of aliphatic hydroxyl groups is 3. The van der Waals surface area contributed by atoms with Gasteiger partial charge in [0.15, 0.2) is 6.23 Å². The molecule has 7 nitrogen and oxygen atoms in total. The Morgan fingerprint density at radius 2 is 2.21 bits per heavy atom. The first kappa shape index (κ1) is 12.7. The van der Waals surface area contributed by atoms with E-state index in [9.17, 15) is 10.2 Å². The van der Waals surface area contributed by atoms with Crippen LogP contribution in [0.25, 0.3) is 11.0 Å². The van der Waals surface area contributed by atoms with E-state index in [0.29, 0.717) is 5.65 Å². The molecule has 0 saturated carbocycles. The molecule has 0 amide bonds. The summed E-state index contributed by atoms with van der Waals surface area (Å²) in [6, 6.07) is 1.81. The van der Waals surface area contributed by atoms with Crippen LogP contribution in [0.3, 0.4) is 0 Å². The summed E-state index contributed by atoms with van der Waals surface area (Å²) in [7, 11) is 0. The van der Waals surface area contributed by atoms with Gasteiger partial charge in [-0.3, -0.25) is 4.57 Å². The van der Waals surface area contributed by atoms with Crippen molar-refractivity contribution in [3.8, 4) is 0 Å². The highest BCUT2D eigenvalue weighted by molar-refractivity contribution is 7.71. The van der Waals surface area contributed by atoms with Crippen LogP contribution in [0.15, 0.2) is 18.5 Å². The normalized spacial score (nSPS) is 31.1. The molecule has 3 heterocycles. The second kappa shape index (κ2) is 4.66. The molecule has 1 aliphatic heterocycles. The molecular weight excluding hydrogens is 270 g/mol. The van der Waals surface area contributed by atoms with Crippen LogP contribution < -0.4 is 0 Å². The number of hydrogen-bond donors (Lipinski definition) is 4. The van der Waals surface area contributed by atoms with Gasteiger partial charge in [-0.1, -0.05) is 0 Å². The number of fused-ring (bicyclic) bond motifs is 1. The van der Waals surface area contributed by atoms with Gasteiger partial charge in [0.05, 0.1) is 6.61 Å². The molecule has 2 aromatic rings. The maximum Gasteiger partial charge on any atom is 0.203 e. The van der Waals surface area contributed by atoms with E-state index in [0.717, 1.165) is 5.39 Å². The predicted molar refractivity (Wildman–Crippen MR) is 67.9 cm³/mol. The first-order valence-electron chi connectivity index (χ1n) is 5.80. The lowest BCUT2D eigenvalue weighted by Crippen LogP contribution is -2.33. The van der Waals surface area contributed by atoms with Gasteiger partial charge in [-0.25, -0.2) is 4.98 Å². The number of rotatable bonds is 2. The maximum atomic E-state index is 9.97. The minimum atomic E-state index is -1.16. The Morgan fingerprint density at radius 1 is 1.42 bits per heavy atom. The molecule has 19 heavy (non-hydrogen) atoms. The summed E-state index contributed by atoms with van der Waals surface area (Å²) in [6.07, 6.45) is -0.577. The summed E-state index contributed by atoms with van der Waals surface area (Å²) in [5, 5.41) is 29.6. The average Bonchev–Trinajstić information content (AvgIpc) is 2.95. The van der Waals surface area contributed by atoms with Crippen LogP contribution in [0.1, 0.15) is 6.23 Å². The van der Waals surface area contributed by atoms with E-state index < -0.39 is 24.5 Å². The minimum absolute atomic E-state index is 0.227. The van der Waals surface area contributed by atoms with Crippen LogP contribution in [0, 0.1) is 4.77 Å². The Hall–Kier alpha value is -1.32. The number of nitrogens with one attached hydrogen (secondary N) is 1. The van der Waals surface area contributed by atoms with Gasteiger partial charge in [0.2, 0.25) is 4.77 Å². The molecule has 102 valence electrons. The highest BCUT2D eigenvalue weighted by Crippen LogP contribution is 2.29. The van der Waals surface area contributed by atoms with Gasteiger partial charge in [-0.2, -0.15) is 0 Å². The van der Waals surface area contributed by atoms with Crippen LogP contribution >= 0.6 is 12.2 Å². The molecule has 8 heteroatoms. The van der Waals surface area contributed by atoms with Crippen molar-refractivity contribution in [1.29, 1.82) is 0 Å². The quantitative estimate of drug-likeness (QED) is 0.565. The van der Waals surface area contributed by atoms with E-state index >= 15 is 0 Å². The molecule has 0 radical (unpaired) electrons. The van der Waals surface area contributed by atoms with Gasteiger partial charge in [-0.15, -0.1) is 0 Å². The van der Waals surface area contributed by atoms with Crippen molar-refractivity contribution in [2.45, 2.75) is 24.5 Å². The Balaban J connectivity index is 2.04. The van der Waals surface area contributed by atoms with E-state index in [1.807, 2.05) is 6.07 Å². The van der Waals surface area contributed by atoms with E-state index in [4.69, 9.17) is 22.1 Å². The van der Waals surface area contributed by atoms with Crippen molar-refractivity contribution < 1.29 is 20.1 Å². The Labute approximate surface area is 113 Å². The molecule has 0 spiro atoms. The Kier molecular flexibility index (Phi) is 3.11. The third-order valence-electron chi connectivity index (χ3n) is 3.25. The van der Waals surface area contributed by atoms with Gasteiger partial charge in [0.25, 0.3) is 0 Å². The summed E-state index contributed by atoms with van der Waals surface area (Å²) in [5.74, 6) is 0. The van der Waals surface area contributed by atoms with Crippen LogP contribution in [-0.4, -0.2) is 54.8 Å². The fraction of sp³-hybridized carbons (Fsp3) is 0.455.